The summed E-state index contributed by atoms with van der Waals surface area (Å²) in [5.41, 5.74) is 0.323. The molecule has 1 unspecified atom stereocenters. The maximum absolute atomic E-state index is 13.6. The molecule has 2 aromatic rings. The van der Waals surface area contributed by atoms with Gasteiger partial charge >= 0.3 is 12.1 Å². The van der Waals surface area contributed by atoms with Gasteiger partial charge in [-0.3, -0.25) is 14.4 Å². The predicted molar refractivity (Wildman–Crippen MR) is 102 cm³/mol. The zero-order valence-electron chi connectivity index (χ0n) is 16.1. The molecule has 0 heterocycles. The molecule has 0 spiro atoms. The van der Waals surface area contributed by atoms with Crippen molar-refractivity contribution in [1.29, 1.82) is 0 Å². The van der Waals surface area contributed by atoms with Crippen molar-refractivity contribution in [3.8, 4) is 0 Å². The van der Waals surface area contributed by atoms with Crippen molar-refractivity contribution in [2.75, 3.05) is 6.54 Å². The fourth-order valence-electron chi connectivity index (χ4n) is 2.66. The number of amides is 2. The Morgan fingerprint density at radius 1 is 0.774 bits per heavy atom. The first kappa shape index (κ1) is 24.0. The highest BCUT2D eigenvalue weighted by atomic mass is 19.4. The third-order valence-electron chi connectivity index (χ3n) is 4.31. The molecule has 166 valence electrons. The monoisotopic (exact) mass is 442 g/mol. The van der Waals surface area contributed by atoms with E-state index < -0.39 is 42.2 Å². The first-order valence-electron chi connectivity index (χ1n) is 9.22. The molecule has 0 saturated carbocycles. The van der Waals surface area contributed by atoms with Gasteiger partial charge in [0.15, 0.2) is 0 Å². The lowest BCUT2D eigenvalue weighted by molar-refractivity contribution is -0.269. The molecule has 2 amide bonds. The number of rotatable bonds is 9. The van der Waals surface area contributed by atoms with E-state index in [0.29, 0.717) is 5.56 Å². The van der Waals surface area contributed by atoms with Gasteiger partial charge in [0.05, 0.1) is 6.04 Å². The molecular formula is C21H19F5N2O3. The van der Waals surface area contributed by atoms with Crippen LogP contribution in [0.5, 0.6) is 0 Å². The van der Waals surface area contributed by atoms with Crippen LogP contribution in [0.2, 0.25) is 0 Å². The van der Waals surface area contributed by atoms with Crippen molar-refractivity contribution >= 4 is 17.6 Å². The maximum atomic E-state index is 13.6. The van der Waals surface area contributed by atoms with Crippen LogP contribution in [-0.4, -0.2) is 42.3 Å². The highest BCUT2D eigenvalue weighted by Gasteiger charge is 2.64. The SMILES string of the molecule is O=C(NCCCC(NC(=O)c1ccccc1)C(=O)C(F)(F)C(F)(F)F)c1ccccc1. The molecule has 2 rings (SSSR count). The van der Waals surface area contributed by atoms with E-state index in [-0.39, 0.29) is 18.5 Å². The minimum Gasteiger partial charge on any atom is -0.352 e. The van der Waals surface area contributed by atoms with Crippen molar-refractivity contribution in [2.45, 2.75) is 31.0 Å². The van der Waals surface area contributed by atoms with Crippen molar-refractivity contribution in [2.24, 2.45) is 0 Å². The molecule has 2 N–H and O–H groups in total. The van der Waals surface area contributed by atoms with Gasteiger partial charge in [0.25, 0.3) is 11.8 Å². The zero-order valence-corrected chi connectivity index (χ0v) is 16.1. The number of carbonyl (C=O) groups is 3. The molecule has 31 heavy (non-hydrogen) atoms. The third kappa shape index (κ3) is 6.34. The summed E-state index contributed by atoms with van der Waals surface area (Å²) in [6.07, 6.45) is -6.75. The largest absolute Gasteiger partial charge is 0.461 e. The van der Waals surface area contributed by atoms with Gasteiger partial charge in [-0.2, -0.15) is 22.0 Å². The Morgan fingerprint density at radius 2 is 1.26 bits per heavy atom. The number of benzene rings is 2. The predicted octanol–water partition coefficient (Wildman–Crippen LogP) is 3.76. The summed E-state index contributed by atoms with van der Waals surface area (Å²) in [7, 11) is 0. The van der Waals surface area contributed by atoms with Crippen LogP contribution in [0.1, 0.15) is 33.6 Å². The van der Waals surface area contributed by atoms with E-state index in [2.05, 4.69) is 5.32 Å². The fourth-order valence-corrected chi connectivity index (χ4v) is 2.66. The molecule has 0 fully saturated rings. The van der Waals surface area contributed by atoms with Crippen LogP contribution in [-0.2, 0) is 4.79 Å². The Kier molecular flexibility index (Phi) is 7.84. The van der Waals surface area contributed by atoms with E-state index in [4.69, 9.17) is 0 Å². The molecular weight excluding hydrogens is 423 g/mol. The highest BCUT2D eigenvalue weighted by Crippen LogP contribution is 2.37. The standard InChI is InChI=1S/C21H19F5N2O3/c22-20(23,21(24,25)26)17(29)16(28-19(31)15-10-5-2-6-11-15)12-7-13-27-18(30)14-8-3-1-4-9-14/h1-6,8-11,16H,7,12-13H2,(H,27,30)(H,28,31). The van der Waals surface area contributed by atoms with E-state index >= 15 is 0 Å². The molecule has 0 bridgehead atoms. The van der Waals surface area contributed by atoms with E-state index in [9.17, 15) is 36.3 Å². The molecule has 0 aromatic heterocycles. The van der Waals surface area contributed by atoms with Crippen molar-refractivity contribution in [3.63, 3.8) is 0 Å². The third-order valence-corrected chi connectivity index (χ3v) is 4.31. The Hall–Kier alpha value is -3.30. The minimum atomic E-state index is -6.10. The summed E-state index contributed by atoms with van der Waals surface area (Å²) in [6.45, 7) is -0.101. The second kappa shape index (κ2) is 10.1. The molecule has 10 heteroatoms. The van der Waals surface area contributed by atoms with Crippen LogP contribution >= 0.6 is 0 Å². The number of Topliss-reactive ketones (excluding diaryl/α,β-unsaturated/α-hetero) is 1. The molecule has 2 aromatic carbocycles. The van der Waals surface area contributed by atoms with E-state index in [0.717, 1.165) is 0 Å². The minimum absolute atomic E-state index is 0.00648. The second-order valence-corrected chi connectivity index (χ2v) is 6.59. The van der Waals surface area contributed by atoms with Crippen LogP contribution in [0, 0.1) is 0 Å². The Bertz CT molecular complexity index is 902. The molecule has 0 aliphatic rings. The Morgan fingerprint density at radius 3 is 1.74 bits per heavy atom. The lowest BCUT2D eigenvalue weighted by Gasteiger charge is -2.24. The van der Waals surface area contributed by atoms with E-state index in [1.807, 2.05) is 5.32 Å². The number of alkyl halides is 5. The number of carbonyl (C=O) groups excluding carboxylic acids is 3. The maximum Gasteiger partial charge on any atom is 0.461 e. The van der Waals surface area contributed by atoms with Gasteiger partial charge in [0.2, 0.25) is 5.78 Å². The summed E-state index contributed by atoms with van der Waals surface area (Å²) in [5.74, 6) is -9.53. The zero-order chi connectivity index (χ0) is 23.1. The molecule has 0 saturated heterocycles. The lowest BCUT2D eigenvalue weighted by Crippen LogP contribution is -2.54. The normalized spacial score (nSPS) is 12.7. The van der Waals surface area contributed by atoms with Gasteiger partial charge in [0.1, 0.15) is 0 Å². The molecule has 0 radical (unpaired) electrons. The summed E-state index contributed by atoms with van der Waals surface area (Å²) in [5, 5.41) is 4.42. The fraction of sp³-hybridized carbons (Fsp3) is 0.286. The lowest BCUT2D eigenvalue weighted by atomic mass is 10.0. The molecule has 5 nitrogen and oxygen atoms in total. The summed E-state index contributed by atoms with van der Waals surface area (Å²) >= 11 is 0. The van der Waals surface area contributed by atoms with Gasteiger partial charge in [-0.1, -0.05) is 36.4 Å². The molecule has 0 aliphatic heterocycles. The van der Waals surface area contributed by atoms with Crippen LogP contribution in [0.3, 0.4) is 0 Å². The number of hydrogen-bond donors (Lipinski definition) is 2. The summed E-state index contributed by atoms with van der Waals surface area (Å²) in [4.78, 5) is 36.1. The van der Waals surface area contributed by atoms with Gasteiger partial charge in [-0.05, 0) is 37.1 Å². The number of halogens is 5. The number of nitrogens with one attached hydrogen (secondary N) is 2. The topological polar surface area (TPSA) is 75.3 Å². The number of hydrogen-bond acceptors (Lipinski definition) is 3. The second-order valence-electron chi connectivity index (χ2n) is 6.59. The molecule has 1 atom stereocenters. The first-order valence-corrected chi connectivity index (χ1v) is 9.22. The highest BCUT2D eigenvalue weighted by molar-refractivity contribution is 5.99. The van der Waals surface area contributed by atoms with Crippen LogP contribution < -0.4 is 10.6 Å². The Labute approximate surface area is 174 Å². The number of ketones is 1. The van der Waals surface area contributed by atoms with Gasteiger partial charge in [-0.25, -0.2) is 0 Å². The van der Waals surface area contributed by atoms with Crippen LogP contribution in [0.4, 0.5) is 22.0 Å². The molecule has 0 aliphatic carbocycles. The van der Waals surface area contributed by atoms with Crippen molar-refractivity contribution < 1.29 is 36.3 Å². The van der Waals surface area contributed by atoms with Crippen LogP contribution in [0.15, 0.2) is 60.7 Å². The average molecular weight is 442 g/mol. The smallest absolute Gasteiger partial charge is 0.352 e. The van der Waals surface area contributed by atoms with Crippen LogP contribution in [0.25, 0.3) is 0 Å². The first-order chi connectivity index (χ1) is 14.5. The van der Waals surface area contributed by atoms with Crippen molar-refractivity contribution in [1.82, 2.24) is 10.6 Å². The van der Waals surface area contributed by atoms with Crippen molar-refractivity contribution in [3.05, 3.63) is 71.8 Å². The summed E-state index contributed by atoms with van der Waals surface area (Å²) in [6, 6.07) is 13.1. The van der Waals surface area contributed by atoms with Gasteiger partial charge in [-0.15, -0.1) is 0 Å². The summed E-state index contributed by atoms with van der Waals surface area (Å²) < 4.78 is 65.1. The van der Waals surface area contributed by atoms with E-state index in [1.165, 1.54) is 36.4 Å². The average Bonchev–Trinajstić information content (AvgIpc) is 2.75. The quantitative estimate of drug-likeness (QED) is 0.459. The van der Waals surface area contributed by atoms with Gasteiger partial charge < -0.3 is 10.6 Å². The van der Waals surface area contributed by atoms with Gasteiger partial charge in [0, 0.05) is 17.7 Å². The Balaban J connectivity index is 2.05. The van der Waals surface area contributed by atoms with E-state index in [1.54, 1.807) is 24.3 Å².